The van der Waals surface area contributed by atoms with Crippen molar-refractivity contribution in [1.29, 1.82) is 0 Å². The average Bonchev–Trinajstić information content (AvgIpc) is 2.73. The van der Waals surface area contributed by atoms with E-state index in [1.165, 1.54) is 11.3 Å². The maximum absolute atomic E-state index is 10.9. The molecule has 0 bridgehead atoms. The van der Waals surface area contributed by atoms with E-state index in [1.54, 1.807) is 6.07 Å². The first-order valence-electron chi connectivity index (χ1n) is 5.72. The van der Waals surface area contributed by atoms with Crippen molar-refractivity contribution < 1.29 is 19.4 Å². The fourth-order valence-electron chi connectivity index (χ4n) is 1.69. The zero-order valence-corrected chi connectivity index (χ0v) is 11.0. The monoisotopic (exact) mass is 290 g/mol. The topological polar surface area (TPSA) is 55.8 Å². The summed E-state index contributed by atoms with van der Waals surface area (Å²) in [6.45, 7) is 4.89. The number of hydrogen-bond donors (Lipinski definition) is 1. The number of hydrogen-bond acceptors (Lipinski definition) is 4. The van der Waals surface area contributed by atoms with E-state index >= 15 is 0 Å². The van der Waals surface area contributed by atoms with E-state index in [1.807, 2.05) is 26.0 Å². The van der Waals surface area contributed by atoms with Crippen molar-refractivity contribution in [2.75, 3.05) is 13.2 Å². The summed E-state index contributed by atoms with van der Waals surface area (Å²) in [4.78, 5) is 11.3. The van der Waals surface area contributed by atoms with Gasteiger partial charge in [0.1, 0.15) is 4.88 Å². The van der Waals surface area contributed by atoms with Gasteiger partial charge in [-0.3, -0.25) is 0 Å². The first-order valence-corrected chi connectivity index (χ1v) is 6.53. The predicted octanol–water partition coefficient (Wildman–Crippen LogP) is 2.75. The molecule has 0 saturated carbocycles. The fourth-order valence-corrected chi connectivity index (χ4v) is 2.60. The molecule has 2 rings (SSSR count). The molecule has 2 aromatic rings. The van der Waals surface area contributed by atoms with Crippen molar-refractivity contribution in [3.8, 4) is 11.5 Å². The molecule has 0 aliphatic rings. The molecule has 19 heavy (non-hydrogen) atoms. The standard InChI is InChI=1S/C13H14O4S.Na.H/c1-3-16-9-5-8-6-12(13(14)15)18-11(8)7-10(9)17-4-2;;/h5-7H,3-4H2,1-2H3,(H,14,15);;. The van der Waals surface area contributed by atoms with Gasteiger partial charge in [-0.1, -0.05) is 0 Å². The van der Waals surface area contributed by atoms with Crippen LogP contribution in [-0.4, -0.2) is 53.8 Å². The van der Waals surface area contributed by atoms with Crippen molar-refractivity contribution in [2.45, 2.75) is 13.8 Å². The Morgan fingerprint density at radius 1 is 1.16 bits per heavy atom. The average molecular weight is 290 g/mol. The van der Waals surface area contributed by atoms with Crippen LogP contribution in [0.25, 0.3) is 10.1 Å². The molecule has 0 fully saturated rings. The normalized spacial score (nSPS) is 10.0. The van der Waals surface area contributed by atoms with Crippen molar-refractivity contribution in [3.63, 3.8) is 0 Å². The summed E-state index contributed by atoms with van der Waals surface area (Å²) in [7, 11) is 0. The van der Waals surface area contributed by atoms with E-state index in [0.29, 0.717) is 29.6 Å². The van der Waals surface area contributed by atoms with Gasteiger partial charge in [0, 0.05) is 10.8 Å². The van der Waals surface area contributed by atoms with Gasteiger partial charge in [0.25, 0.3) is 0 Å². The summed E-state index contributed by atoms with van der Waals surface area (Å²) < 4.78 is 11.9. The molecule has 0 spiro atoms. The second-order valence-corrected chi connectivity index (χ2v) is 4.70. The minimum atomic E-state index is -0.910. The number of ether oxygens (including phenoxy) is 2. The molecule has 0 saturated heterocycles. The SMILES string of the molecule is CCOc1cc2cc(C(=O)O)sc2cc1OCC.[NaH]. The van der Waals surface area contributed by atoms with Gasteiger partial charge < -0.3 is 14.6 Å². The molecule has 0 radical (unpaired) electrons. The zero-order valence-electron chi connectivity index (χ0n) is 10.2. The Morgan fingerprint density at radius 2 is 1.74 bits per heavy atom. The van der Waals surface area contributed by atoms with Gasteiger partial charge in [0.05, 0.1) is 13.2 Å². The van der Waals surface area contributed by atoms with Crippen LogP contribution in [-0.2, 0) is 0 Å². The molecule has 0 amide bonds. The number of carboxylic acid groups (broad SMARTS) is 1. The van der Waals surface area contributed by atoms with Crippen LogP contribution in [0.4, 0.5) is 0 Å². The van der Waals surface area contributed by atoms with Crippen molar-refractivity contribution in [1.82, 2.24) is 0 Å². The molecule has 98 valence electrons. The molecular formula is C13H15NaO4S. The van der Waals surface area contributed by atoms with Crippen LogP contribution in [0.2, 0.25) is 0 Å². The summed E-state index contributed by atoms with van der Waals surface area (Å²) in [6.07, 6.45) is 0. The van der Waals surface area contributed by atoms with Gasteiger partial charge in [-0.05, 0) is 31.4 Å². The molecule has 0 unspecified atom stereocenters. The van der Waals surface area contributed by atoms with E-state index < -0.39 is 5.97 Å². The van der Waals surface area contributed by atoms with E-state index in [2.05, 4.69) is 0 Å². The fraction of sp³-hybridized carbons (Fsp3) is 0.308. The van der Waals surface area contributed by atoms with E-state index in [9.17, 15) is 4.79 Å². The molecule has 1 aromatic carbocycles. The molecular weight excluding hydrogens is 275 g/mol. The van der Waals surface area contributed by atoms with Crippen molar-refractivity contribution in [3.05, 3.63) is 23.1 Å². The molecule has 1 N–H and O–H groups in total. The van der Waals surface area contributed by atoms with E-state index in [4.69, 9.17) is 14.6 Å². The Bertz CT molecular complexity index is 536. The molecule has 1 aromatic heterocycles. The summed E-state index contributed by atoms with van der Waals surface area (Å²) in [5.41, 5.74) is 0. The van der Waals surface area contributed by atoms with Gasteiger partial charge in [-0.15, -0.1) is 11.3 Å². The zero-order chi connectivity index (χ0) is 13.1. The van der Waals surface area contributed by atoms with Crippen LogP contribution < -0.4 is 9.47 Å². The number of aromatic carboxylic acids is 1. The van der Waals surface area contributed by atoms with Crippen LogP contribution in [0.3, 0.4) is 0 Å². The van der Waals surface area contributed by atoms with Gasteiger partial charge in [0.2, 0.25) is 0 Å². The first-order chi connectivity index (χ1) is 8.65. The van der Waals surface area contributed by atoms with Crippen molar-refractivity contribution >= 4 is 56.9 Å². The molecule has 0 aliphatic heterocycles. The third-order valence-electron chi connectivity index (χ3n) is 2.39. The van der Waals surface area contributed by atoms with Crippen LogP contribution >= 0.6 is 11.3 Å². The minimum absolute atomic E-state index is 0. The van der Waals surface area contributed by atoms with Gasteiger partial charge in [0.15, 0.2) is 11.5 Å². The number of carbonyl (C=O) groups is 1. The second-order valence-electron chi connectivity index (χ2n) is 3.62. The Hall–Kier alpha value is -0.750. The molecule has 0 atom stereocenters. The third-order valence-corrected chi connectivity index (χ3v) is 3.48. The maximum atomic E-state index is 10.9. The Morgan fingerprint density at radius 3 is 2.26 bits per heavy atom. The van der Waals surface area contributed by atoms with E-state index in [0.717, 1.165) is 10.1 Å². The van der Waals surface area contributed by atoms with Gasteiger partial charge >= 0.3 is 35.5 Å². The summed E-state index contributed by atoms with van der Waals surface area (Å²) in [5.74, 6) is 0.402. The van der Waals surface area contributed by atoms with E-state index in [-0.39, 0.29) is 29.6 Å². The molecule has 1 heterocycles. The first kappa shape index (κ1) is 16.3. The van der Waals surface area contributed by atoms with Crippen LogP contribution in [0, 0.1) is 0 Å². The Balaban J connectivity index is 0.00000180. The van der Waals surface area contributed by atoms with Gasteiger partial charge in [-0.2, -0.15) is 0 Å². The number of benzene rings is 1. The molecule has 4 nitrogen and oxygen atoms in total. The Kier molecular flexibility index (Phi) is 6.13. The molecule has 6 heteroatoms. The predicted molar refractivity (Wildman–Crippen MR) is 78.3 cm³/mol. The summed E-state index contributed by atoms with van der Waals surface area (Å²) in [5, 5.41) is 9.84. The molecule has 0 aliphatic carbocycles. The number of thiophene rings is 1. The van der Waals surface area contributed by atoms with Crippen LogP contribution in [0.5, 0.6) is 11.5 Å². The summed E-state index contributed by atoms with van der Waals surface area (Å²) in [6, 6.07) is 5.31. The van der Waals surface area contributed by atoms with Gasteiger partial charge in [-0.25, -0.2) is 4.79 Å². The number of carboxylic acids is 1. The second kappa shape index (κ2) is 7.14. The quantitative estimate of drug-likeness (QED) is 0.860. The van der Waals surface area contributed by atoms with Crippen molar-refractivity contribution in [2.24, 2.45) is 0 Å². The van der Waals surface area contributed by atoms with Crippen LogP contribution in [0.15, 0.2) is 18.2 Å². The Labute approximate surface area is 137 Å². The number of fused-ring (bicyclic) bond motifs is 1. The number of rotatable bonds is 5. The third kappa shape index (κ3) is 3.63. The van der Waals surface area contributed by atoms with Crippen LogP contribution in [0.1, 0.15) is 23.5 Å². The summed E-state index contributed by atoms with van der Waals surface area (Å²) >= 11 is 1.24.